The maximum Gasteiger partial charge on any atom is 0.274 e. The summed E-state index contributed by atoms with van der Waals surface area (Å²) < 4.78 is 26.7. The molecular weight excluding hydrogens is 214 g/mol. The van der Waals surface area contributed by atoms with Crippen LogP contribution in [-0.2, 0) is 18.8 Å². The van der Waals surface area contributed by atoms with Gasteiger partial charge in [0.25, 0.3) is 5.92 Å². The van der Waals surface area contributed by atoms with E-state index in [2.05, 4.69) is 0 Å². The molecule has 0 nitrogen and oxygen atoms in total. The number of rotatable bonds is 1. The Morgan fingerprint density at radius 3 is 2.60 bits per heavy atom. The Bertz CT molecular complexity index is 315. The molecule has 0 spiro atoms. The second-order valence-corrected chi connectivity index (χ2v) is 4.68. The van der Waals surface area contributed by atoms with E-state index >= 15 is 0 Å². The van der Waals surface area contributed by atoms with Crippen LogP contribution in [-0.4, -0.2) is 0 Å². The molecule has 3 heteroatoms. The summed E-state index contributed by atoms with van der Waals surface area (Å²) in [7, 11) is 0. The van der Waals surface area contributed by atoms with Crippen molar-refractivity contribution in [3.63, 3.8) is 0 Å². The van der Waals surface area contributed by atoms with Crippen LogP contribution in [0.1, 0.15) is 48.9 Å². The average Bonchev–Trinajstić information content (AvgIpc) is 2.65. The second kappa shape index (κ2) is 5.06. The molecule has 1 aliphatic rings. The van der Waals surface area contributed by atoms with Crippen LogP contribution in [0.2, 0.25) is 0 Å². The number of fused-ring (bicyclic) bond motifs is 1. The number of aryl methyl sites for hydroxylation is 2. The molecule has 0 N–H and O–H groups in total. The van der Waals surface area contributed by atoms with Gasteiger partial charge in [0.2, 0.25) is 0 Å². The minimum absolute atomic E-state index is 0.0277. The van der Waals surface area contributed by atoms with E-state index in [-0.39, 0.29) is 6.42 Å². The molecule has 86 valence electrons. The van der Waals surface area contributed by atoms with Crippen LogP contribution in [0.4, 0.5) is 8.78 Å². The van der Waals surface area contributed by atoms with Crippen LogP contribution in [0, 0.1) is 0 Å². The maximum atomic E-state index is 13.4. The van der Waals surface area contributed by atoms with Gasteiger partial charge in [0.1, 0.15) is 0 Å². The van der Waals surface area contributed by atoms with Crippen molar-refractivity contribution >= 4 is 11.3 Å². The van der Waals surface area contributed by atoms with Gasteiger partial charge >= 0.3 is 0 Å². The van der Waals surface area contributed by atoms with Gasteiger partial charge in [0.15, 0.2) is 0 Å². The first kappa shape index (κ1) is 12.6. The molecule has 0 saturated heterocycles. The zero-order valence-corrected chi connectivity index (χ0v) is 10.4. The lowest BCUT2D eigenvalue weighted by molar-refractivity contribution is -0.0208. The van der Waals surface area contributed by atoms with Crippen molar-refractivity contribution < 1.29 is 8.78 Å². The van der Waals surface area contributed by atoms with E-state index in [9.17, 15) is 8.78 Å². The minimum atomic E-state index is -2.56. The highest BCUT2D eigenvalue weighted by Gasteiger charge is 2.37. The van der Waals surface area contributed by atoms with Crippen molar-refractivity contribution in [2.45, 2.75) is 52.4 Å². The lowest BCUT2D eigenvalue weighted by Gasteiger charge is -2.21. The Balaban J connectivity index is 0.000000531. The Morgan fingerprint density at radius 2 is 2.07 bits per heavy atom. The molecule has 1 aromatic rings. The highest BCUT2D eigenvalue weighted by atomic mass is 32.1. The topological polar surface area (TPSA) is 0 Å². The molecule has 0 aliphatic heterocycles. The molecule has 1 heterocycles. The van der Waals surface area contributed by atoms with Gasteiger partial charge < -0.3 is 0 Å². The zero-order valence-electron chi connectivity index (χ0n) is 9.57. The third-order valence-corrected chi connectivity index (χ3v) is 3.84. The molecule has 0 aromatic carbocycles. The summed E-state index contributed by atoms with van der Waals surface area (Å²) in [6.45, 7) is 6.01. The van der Waals surface area contributed by atoms with E-state index in [1.54, 1.807) is 17.4 Å². The van der Waals surface area contributed by atoms with Gasteiger partial charge in [-0.05, 0) is 25.3 Å². The van der Waals surface area contributed by atoms with E-state index in [4.69, 9.17) is 0 Å². The Labute approximate surface area is 94.3 Å². The normalized spacial score (nSPS) is 17.7. The van der Waals surface area contributed by atoms with Gasteiger partial charge in [0.05, 0.1) is 0 Å². The summed E-state index contributed by atoms with van der Waals surface area (Å²) >= 11 is 1.56. The number of alkyl halides is 2. The Hall–Kier alpha value is -0.440. The third-order valence-electron chi connectivity index (χ3n) is 2.50. The van der Waals surface area contributed by atoms with E-state index in [1.165, 1.54) is 0 Å². The van der Waals surface area contributed by atoms with E-state index in [0.29, 0.717) is 12.0 Å². The first-order chi connectivity index (χ1) is 7.13. The van der Waals surface area contributed by atoms with Gasteiger partial charge in [-0.2, -0.15) is 0 Å². The largest absolute Gasteiger partial charge is 0.274 e. The van der Waals surface area contributed by atoms with E-state index < -0.39 is 5.92 Å². The van der Waals surface area contributed by atoms with Crippen molar-refractivity contribution in [3.05, 3.63) is 21.4 Å². The molecule has 0 radical (unpaired) electrons. The number of hydrogen-bond acceptors (Lipinski definition) is 1. The maximum absolute atomic E-state index is 13.4. The molecule has 15 heavy (non-hydrogen) atoms. The van der Waals surface area contributed by atoms with Crippen LogP contribution in [0.25, 0.3) is 0 Å². The fourth-order valence-corrected chi connectivity index (χ4v) is 2.96. The standard InChI is InChI=1S/C10H12F2S.C2H6/c1-2-7-6-8-9(13-7)4-3-5-10(8,11)12;1-2/h6H,2-5H2,1H3;1-2H3. The quantitative estimate of drug-likeness (QED) is 0.654. The molecule has 0 saturated carbocycles. The zero-order chi connectivity index (χ0) is 11.5. The molecule has 1 aromatic heterocycles. The highest BCUT2D eigenvalue weighted by molar-refractivity contribution is 7.12. The Morgan fingerprint density at radius 1 is 1.40 bits per heavy atom. The minimum Gasteiger partial charge on any atom is -0.201 e. The summed E-state index contributed by atoms with van der Waals surface area (Å²) in [6.07, 6.45) is 2.37. The fourth-order valence-electron chi connectivity index (χ4n) is 1.76. The van der Waals surface area contributed by atoms with E-state index in [1.807, 2.05) is 20.8 Å². The second-order valence-electron chi connectivity index (χ2n) is 3.46. The summed E-state index contributed by atoms with van der Waals surface area (Å²) in [5.74, 6) is -2.56. The monoisotopic (exact) mass is 232 g/mol. The fraction of sp³-hybridized carbons (Fsp3) is 0.667. The van der Waals surface area contributed by atoms with Gasteiger partial charge in [-0.3, -0.25) is 0 Å². The van der Waals surface area contributed by atoms with Crippen LogP contribution in [0.3, 0.4) is 0 Å². The molecule has 0 bridgehead atoms. The SMILES string of the molecule is CC.CCc1cc2c(s1)CCCC2(F)F. The summed E-state index contributed by atoms with van der Waals surface area (Å²) in [5, 5.41) is 0. The molecule has 0 amide bonds. The molecular formula is C12H18F2S. The number of thiophene rings is 1. The van der Waals surface area contributed by atoms with Crippen LogP contribution in [0.5, 0.6) is 0 Å². The van der Waals surface area contributed by atoms with Crippen LogP contribution >= 0.6 is 11.3 Å². The van der Waals surface area contributed by atoms with Crippen LogP contribution in [0.15, 0.2) is 6.07 Å². The van der Waals surface area contributed by atoms with Gasteiger partial charge in [-0.1, -0.05) is 20.8 Å². The molecule has 0 fully saturated rings. The van der Waals surface area contributed by atoms with Gasteiger partial charge in [0, 0.05) is 21.7 Å². The van der Waals surface area contributed by atoms with Crippen LogP contribution < -0.4 is 0 Å². The molecule has 0 unspecified atom stereocenters. The van der Waals surface area contributed by atoms with E-state index in [0.717, 1.165) is 22.6 Å². The van der Waals surface area contributed by atoms with Crippen molar-refractivity contribution in [2.75, 3.05) is 0 Å². The van der Waals surface area contributed by atoms with Crippen molar-refractivity contribution in [2.24, 2.45) is 0 Å². The van der Waals surface area contributed by atoms with Gasteiger partial charge in [-0.15, -0.1) is 11.3 Å². The predicted octanol–water partition coefficient (Wildman–Crippen LogP) is 4.76. The predicted molar refractivity (Wildman–Crippen MR) is 61.9 cm³/mol. The summed E-state index contributed by atoms with van der Waals surface area (Å²) in [6, 6.07) is 1.69. The van der Waals surface area contributed by atoms with Crippen molar-refractivity contribution in [1.82, 2.24) is 0 Å². The average molecular weight is 232 g/mol. The molecule has 0 atom stereocenters. The van der Waals surface area contributed by atoms with Gasteiger partial charge in [-0.25, -0.2) is 8.78 Å². The number of hydrogen-bond donors (Lipinski definition) is 0. The first-order valence-corrected chi connectivity index (χ1v) is 6.45. The lowest BCUT2D eigenvalue weighted by atomic mass is 9.95. The smallest absolute Gasteiger partial charge is 0.201 e. The third kappa shape index (κ3) is 2.57. The summed E-state index contributed by atoms with van der Waals surface area (Å²) in [5.41, 5.74) is 0.306. The molecule has 2 rings (SSSR count). The molecule has 1 aliphatic carbocycles. The van der Waals surface area contributed by atoms with Crippen molar-refractivity contribution in [3.8, 4) is 0 Å². The highest BCUT2D eigenvalue weighted by Crippen LogP contribution is 2.43. The lowest BCUT2D eigenvalue weighted by Crippen LogP contribution is -2.18. The van der Waals surface area contributed by atoms with Crippen molar-refractivity contribution in [1.29, 1.82) is 0 Å². The first-order valence-electron chi connectivity index (χ1n) is 5.63. The number of halogens is 2. The Kier molecular flexibility index (Phi) is 4.26. The summed E-state index contributed by atoms with van der Waals surface area (Å²) in [4.78, 5) is 2.00.